The fraction of sp³-hybridized carbons (Fsp3) is 0.235. The predicted octanol–water partition coefficient (Wildman–Crippen LogP) is 5.79. The van der Waals surface area contributed by atoms with Crippen LogP contribution in [0.5, 0.6) is 0 Å². The fourth-order valence-corrected chi connectivity index (χ4v) is 5.83. The number of carbonyl (C=O) groups is 2. The molecule has 3 N–H and O–H groups in total. The molecule has 9 heteroatoms. The van der Waals surface area contributed by atoms with Crippen LogP contribution in [0.25, 0.3) is 33.4 Å². The molecule has 0 bridgehead atoms. The molecule has 0 unspecified atom stereocenters. The van der Waals surface area contributed by atoms with Gasteiger partial charge in [0.25, 0.3) is 11.8 Å². The van der Waals surface area contributed by atoms with Crippen LogP contribution in [0.1, 0.15) is 58.3 Å². The van der Waals surface area contributed by atoms with Crippen molar-refractivity contribution in [2.45, 2.75) is 44.2 Å². The van der Waals surface area contributed by atoms with Gasteiger partial charge in [0.15, 0.2) is 5.82 Å². The number of furan rings is 1. The van der Waals surface area contributed by atoms with Gasteiger partial charge < -0.3 is 20.2 Å². The first kappa shape index (κ1) is 28.2. The molecule has 2 heterocycles. The second kappa shape index (κ2) is 11.4. The minimum absolute atomic E-state index is 0.299. The van der Waals surface area contributed by atoms with Crippen molar-refractivity contribution in [1.29, 1.82) is 0 Å². The Balaban J connectivity index is 1.42. The van der Waals surface area contributed by atoms with Crippen LogP contribution in [0.4, 0.5) is 4.39 Å². The van der Waals surface area contributed by atoms with E-state index in [9.17, 15) is 19.1 Å². The van der Waals surface area contributed by atoms with E-state index in [2.05, 4.69) is 27.5 Å². The summed E-state index contributed by atoms with van der Waals surface area (Å²) in [5.74, 6) is -0.172. The second-order valence-corrected chi connectivity index (χ2v) is 10.9. The van der Waals surface area contributed by atoms with Crippen LogP contribution in [0.15, 0.2) is 83.5 Å². The standard InChI is InChI=1S/C34H31FN4O4/c1-3-6-21-16-28-27(29(32(42)36-2)30(43-28)20-9-11-24(35)12-10-20)17-26(21)22-7-4-8-23(15-22)31(41)39-34(18-25(40)19-34)33-37-13-5-14-38-33/h4-5,7-17,25,40H,3,6,18-19H2,1-2H3,(H,36,42)(H,39,41). The third-order valence-corrected chi connectivity index (χ3v) is 7.94. The van der Waals surface area contributed by atoms with Crippen LogP contribution < -0.4 is 10.6 Å². The Kier molecular flexibility index (Phi) is 7.50. The molecule has 0 radical (unpaired) electrons. The van der Waals surface area contributed by atoms with E-state index < -0.39 is 11.6 Å². The molecule has 2 aromatic heterocycles. The normalized spacial score (nSPS) is 17.8. The van der Waals surface area contributed by atoms with Crippen molar-refractivity contribution in [3.63, 3.8) is 0 Å². The smallest absolute Gasteiger partial charge is 0.255 e. The van der Waals surface area contributed by atoms with E-state index >= 15 is 0 Å². The van der Waals surface area contributed by atoms with Crippen LogP contribution in [0, 0.1) is 5.82 Å². The molecule has 0 aliphatic heterocycles. The molecule has 1 aliphatic carbocycles. The third kappa shape index (κ3) is 5.28. The molecular weight excluding hydrogens is 547 g/mol. The first-order valence-corrected chi connectivity index (χ1v) is 14.3. The molecule has 8 nitrogen and oxygen atoms in total. The maximum Gasteiger partial charge on any atom is 0.255 e. The van der Waals surface area contributed by atoms with E-state index in [1.54, 1.807) is 43.7 Å². The second-order valence-electron chi connectivity index (χ2n) is 10.9. The SMILES string of the molecule is CCCc1cc2oc(-c3ccc(F)cc3)c(C(=O)NC)c2cc1-c1cccc(C(=O)NC2(c3ncccn3)CC(O)C2)c1. The van der Waals surface area contributed by atoms with Gasteiger partial charge >= 0.3 is 0 Å². The van der Waals surface area contributed by atoms with Crippen LogP contribution in [0.3, 0.4) is 0 Å². The maximum absolute atomic E-state index is 13.7. The maximum atomic E-state index is 13.7. The van der Waals surface area contributed by atoms with Crippen molar-refractivity contribution in [1.82, 2.24) is 20.6 Å². The number of hydrogen-bond donors (Lipinski definition) is 3. The van der Waals surface area contributed by atoms with Gasteiger partial charge in [0.05, 0.1) is 11.7 Å². The number of aliphatic hydroxyl groups is 1. The molecular formula is C34H31FN4O4. The average Bonchev–Trinajstić information content (AvgIpc) is 3.38. The Morgan fingerprint density at radius 3 is 2.42 bits per heavy atom. The molecule has 0 atom stereocenters. The largest absolute Gasteiger partial charge is 0.455 e. The summed E-state index contributed by atoms with van der Waals surface area (Å²) < 4.78 is 19.9. The van der Waals surface area contributed by atoms with Crippen molar-refractivity contribution in [3.8, 4) is 22.5 Å². The number of aliphatic hydroxyl groups excluding tert-OH is 1. The number of aryl methyl sites for hydroxylation is 1. The number of carbonyl (C=O) groups excluding carboxylic acids is 2. The number of nitrogens with one attached hydrogen (secondary N) is 2. The lowest BCUT2D eigenvalue weighted by molar-refractivity contribution is -0.00344. The van der Waals surface area contributed by atoms with Gasteiger partial charge in [-0.15, -0.1) is 0 Å². The molecule has 5 aromatic rings. The van der Waals surface area contributed by atoms with E-state index in [4.69, 9.17) is 4.42 Å². The van der Waals surface area contributed by atoms with E-state index in [1.165, 1.54) is 12.1 Å². The number of rotatable bonds is 8. The van der Waals surface area contributed by atoms with E-state index in [0.717, 1.165) is 29.5 Å². The highest BCUT2D eigenvalue weighted by Gasteiger charge is 2.48. The molecule has 218 valence electrons. The summed E-state index contributed by atoms with van der Waals surface area (Å²) in [7, 11) is 1.55. The van der Waals surface area contributed by atoms with Gasteiger partial charge in [-0.1, -0.05) is 25.5 Å². The van der Waals surface area contributed by atoms with Gasteiger partial charge in [0.2, 0.25) is 0 Å². The Morgan fingerprint density at radius 2 is 1.74 bits per heavy atom. The topological polar surface area (TPSA) is 117 Å². The summed E-state index contributed by atoms with van der Waals surface area (Å²) in [5, 5.41) is 16.5. The van der Waals surface area contributed by atoms with Crippen molar-refractivity contribution >= 4 is 22.8 Å². The van der Waals surface area contributed by atoms with Gasteiger partial charge in [0, 0.05) is 48.8 Å². The lowest BCUT2D eigenvalue weighted by atomic mass is 9.73. The first-order chi connectivity index (χ1) is 20.8. The van der Waals surface area contributed by atoms with Crippen molar-refractivity contribution in [2.24, 2.45) is 0 Å². The number of aromatic nitrogens is 2. The summed E-state index contributed by atoms with van der Waals surface area (Å²) in [6.07, 6.45) is 4.99. The molecule has 0 spiro atoms. The number of fused-ring (bicyclic) bond motifs is 1. The van der Waals surface area contributed by atoms with Gasteiger partial charge in [-0.25, -0.2) is 14.4 Å². The molecule has 0 saturated heterocycles. The van der Waals surface area contributed by atoms with Crippen molar-refractivity contribution in [2.75, 3.05) is 7.05 Å². The number of halogens is 1. The summed E-state index contributed by atoms with van der Waals surface area (Å²) in [6, 6.07) is 18.7. The van der Waals surface area contributed by atoms with Crippen LogP contribution in [-0.4, -0.2) is 40.0 Å². The summed E-state index contributed by atoms with van der Waals surface area (Å²) in [6.45, 7) is 2.08. The Bertz CT molecular complexity index is 1810. The van der Waals surface area contributed by atoms with Crippen LogP contribution >= 0.6 is 0 Å². The van der Waals surface area contributed by atoms with Crippen molar-refractivity contribution in [3.05, 3.63) is 107 Å². The Morgan fingerprint density at radius 1 is 1.00 bits per heavy atom. The highest BCUT2D eigenvalue weighted by Crippen LogP contribution is 2.41. The fourth-order valence-electron chi connectivity index (χ4n) is 5.83. The number of benzene rings is 3. The van der Waals surface area contributed by atoms with Gasteiger partial charge in [-0.3, -0.25) is 9.59 Å². The van der Waals surface area contributed by atoms with Gasteiger partial charge in [-0.05, 0) is 77.7 Å². The number of hydrogen-bond acceptors (Lipinski definition) is 6. The van der Waals surface area contributed by atoms with Gasteiger partial charge in [0.1, 0.15) is 22.7 Å². The quantitative estimate of drug-likeness (QED) is 0.215. The zero-order valence-electron chi connectivity index (χ0n) is 23.9. The Hall–Kier alpha value is -4.89. The molecule has 1 fully saturated rings. The number of amides is 2. The van der Waals surface area contributed by atoms with Crippen molar-refractivity contribution < 1.29 is 23.5 Å². The molecule has 1 saturated carbocycles. The minimum atomic E-state index is -0.837. The summed E-state index contributed by atoms with van der Waals surface area (Å²) in [4.78, 5) is 35.4. The zero-order chi connectivity index (χ0) is 30.1. The average molecular weight is 579 g/mol. The zero-order valence-corrected chi connectivity index (χ0v) is 23.9. The van der Waals surface area contributed by atoms with E-state index in [-0.39, 0.29) is 17.6 Å². The monoisotopic (exact) mass is 578 g/mol. The highest BCUT2D eigenvalue weighted by atomic mass is 19.1. The highest BCUT2D eigenvalue weighted by molar-refractivity contribution is 6.12. The number of nitrogens with zero attached hydrogens (tertiary/aromatic N) is 2. The van der Waals surface area contributed by atoms with Crippen LogP contribution in [-0.2, 0) is 12.0 Å². The van der Waals surface area contributed by atoms with E-state index in [0.29, 0.717) is 52.1 Å². The minimum Gasteiger partial charge on any atom is -0.455 e. The summed E-state index contributed by atoms with van der Waals surface area (Å²) in [5.41, 5.74) is 3.80. The third-order valence-electron chi connectivity index (χ3n) is 7.94. The first-order valence-electron chi connectivity index (χ1n) is 14.3. The lowest BCUT2D eigenvalue weighted by Crippen LogP contribution is -2.57. The molecule has 1 aliphatic rings. The van der Waals surface area contributed by atoms with E-state index in [1.807, 2.05) is 30.3 Å². The van der Waals surface area contributed by atoms with Crippen LogP contribution in [0.2, 0.25) is 0 Å². The molecule has 2 amide bonds. The molecule has 43 heavy (non-hydrogen) atoms. The van der Waals surface area contributed by atoms with Gasteiger partial charge in [-0.2, -0.15) is 0 Å². The molecule has 3 aromatic carbocycles. The predicted molar refractivity (Wildman–Crippen MR) is 161 cm³/mol. The lowest BCUT2D eigenvalue weighted by Gasteiger charge is -2.44. The summed E-state index contributed by atoms with van der Waals surface area (Å²) >= 11 is 0. The Labute approximate surface area is 248 Å². The molecule has 6 rings (SSSR count).